The lowest BCUT2D eigenvalue weighted by molar-refractivity contribution is 0.0978. The first kappa shape index (κ1) is 15.6. The van der Waals surface area contributed by atoms with Crippen LogP contribution in [0.4, 0.5) is 4.39 Å². The number of halogens is 1. The quantitative estimate of drug-likeness (QED) is 0.862. The second kappa shape index (κ2) is 6.18. The van der Waals surface area contributed by atoms with Gasteiger partial charge < -0.3 is 14.0 Å². The van der Waals surface area contributed by atoms with Crippen molar-refractivity contribution in [1.29, 1.82) is 0 Å². The summed E-state index contributed by atoms with van der Waals surface area (Å²) in [6.45, 7) is 2.97. The summed E-state index contributed by atoms with van der Waals surface area (Å²) >= 11 is 0. The lowest BCUT2D eigenvalue weighted by Gasteiger charge is -2.34. The summed E-state index contributed by atoms with van der Waals surface area (Å²) in [5, 5.41) is 0. The molecule has 5 nitrogen and oxygen atoms in total. The van der Waals surface area contributed by atoms with Gasteiger partial charge in [-0.1, -0.05) is 0 Å². The fourth-order valence-corrected chi connectivity index (χ4v) is 4.08. The smallest absolute Gasteiger partial charge is 0.124 e. The number of hydrogen-bond acceptors (Lipinski definition) is 4. The van der Waals surface area contributed by atoms with E-state index in [-0.39, 0.29) is 11.9 Å². The van der Waals surface area contributed by atoms with Gasteiger partial charge in [-0.25, -0.2) is 9.37 Å². The normalized spacial score (nSPS) is 26.0. The molecule has 0 saturated carbocycles. The van der Waals surface area contributed by atoms with Gasteiger partial charge in [-0.3, -0.25) is 4.90 Å². The van der Waals surface area contributed by atoms with E-state index in [1.807, 2.05) is 24.0 Å². The van der Waals surface area contributed by atoms with Gasteiger partial charge in [0.15, 0.2) is 0 Å². The van der Waals surface area contributed by atoms with E-state index in [0.717, 1.165) is 30.2 Å². The van der Waals surface area contributed by atoms with Gasteiger partial charge in [-0.2, -0.15) is 0 Å². The van der Waals surface area contributed by atoms with Crippen molar-refractivity contribution in [3.05, 3.63) is 47.8 Å². The zero-order valence-electron chi connectivity index (χ0n) is 14.0. The second-order valence-corrected chi connectivity index (χ2v) is 6.70. The largest absolute Gasteiger partial charge is 0.493 e. The zero-order valence-corrected chi connectivity index (χ0v) is 14.0. The number of rotatable bonds is 4. The van der Waals surface area contributed by atoms with E-state index in [2.05, 4.69) is 9.88 Å². The standard InChI is InChI=1S/C18H22FN3O2/c1-21-6-5-20-17(21)9-22-8-12(10-23-2)15-11-24-16-4-3-13(19)7-14(16)18(15)22/h3-7,12,15,18H,8-11H2,1-2H3/t12-,15-,18-/m0/s1. The van der Waals surface area contributed by atoms with Crippen LogP contribution in [0.1, 0.15) is 17.4 Å². The molecule has 3 atom stereocenters. The highest BCUT2D eigenvalue weighted by Crippen LogP contribution is 2.48. The first-order valence-corrected chi connectivity index (χ1v) is 8.29. The average molecular weight is 331 g/mol. The number of nitrogens with zero attached hydrogens (tertiary/aromatic N) is 3. The topological polar surface area (TPSA) is 39.5 Å². The van der Waals surface area contributed by atoms with Crippen LogP contribution in [-0.4, -0.2) is 41.3 Å². The van der Waals surface area contributed by atoms with Crippen LogP contribution in [0.5, 0.6) is 5.75 Å². The van der Waals surface area contributed by atoms with Gasteiger partial charge in [-0.05, 0) is 18.2 Å². The molecule has 2 aromatic rings. The summed E-state index contributed by atoms with van der Waals surface area (Å²) in [7, 11) is 3.73. The van der Waals surface area contributed by atoms with Gasteiger partial charge in [-0.15, -0.1) is 0 Å². The zero-order chi connectivity index (χ0) is 16.7. The molecule has 128 valence electrons. The molecule has 6 heteroatoms. The Hall–Kier alpha value is -1.92. The van der Waals surface area contributed by atoms with E-state index in [1.54, 1.807) is 19.2 Å². The Bertz CT molecular complexity index is 733. The Balaban J connectivity index is 1.69. The summed E-state index contributed by atoms with van der Waals surface area (Å²) in [6, 6.07) is 4.96. The van der Waals surface area contributed by atoms with Crippen LogP contribution in [0.15, 0.2) is 30.6 Å². The van der Waals surface area contributed by atoms with Gasteiger partial charge in [0.25, 0.3) is 0 Å². The molecule has 1 aromatic heterocycles. The molecule has 1 aromatic carbocycles. The Kier molecular flexibility index (Phi) is 4.02. The van der Waals surface area contributed by atoms with Crippen LogP contribution >= 0.6 is 0 Å². The van der Waals surface area contributed by atoms with Crippen molar-refractivity contribution in [2.45, 2.75) is 12.6 Å². The maximum absolute atomic E-state index is 13.9. The molecule has 0 bridgehead atoms. The van der Waals surface area contributed by atoms with Crippen molar-refractivity contribution in [2.24, 2.45) is 18.9 Å². The maximum Gasteiger partial charge on any atom is 0.124 e. The number of likely N-dealkylation sites (tertiary alicyclic amines) is 1. The van der Waals surface area contributed by atoms with Crippen molar-refractivity contribution < 1.29 is 13.9 Å². The molecular weight excluding hydrogens is 309 g/mol. The van der Waals surface area contributed by atoms with Crippen LogP contribution in [0, 0.1) is 17.7 Å². The molecule has 1 saturated heterocycles. The Labute approximate surface area is 141 Å². The second-order valence-electron chi connectivity index (χ2n) is 6.70. The highest BCUT2D eigenvalue weighted by atomic mass is 19.1. The molecule has 0 aliphatic carbocycles. The van der Waals surface area contributed by atoms with Gasteiger partial charge in [0.05, 0.1) is 19.8 Å². The van der Waals surface area contributed by atoms with Gasteiger partial charge >= 0.3 is 0 Å². The summed E-state index contributed by atoms with van der Waals surface area (Å²) in [6.07, 6.45) is 3.76. The van der Waals surface area contributed by atoms with Crippen LogP contribution < -0.4 is 4.74 Å². The number of methoxy groups -OCH3 is 1. The predicted molar refractivity (Wildman–Crippen MR) is 87.1 cm³/mol. The summed E-state index contributed by atoms with van der Waals surface area (Å²) in [4.78, 5) is 6.83. The maximum atomic E-state index is 13.9. The van der Waals surface area contributed by atoms with Gasteiger partial charge in [0.1, 0.15) is 17.4 Å². The van der Waals surface area contributed by atoms with Crippen molar-refractivity contribution >= 4 is 0 Å². The Morgan fingerprint density at radius 1 is 1.42 bits per heavy atom. The highest BCUT2D eigenvalue weighted by Gasteiger charge is 2.46. The number of ether oxygens (including phenoxy) is 2. The molecule has 0 radical (unpaired) electrons. The molecule has 2 aliphatic rings. The minimum atomic E-state index is -0.217. The van der Waals surface area contributed by atoms with Crippen molar-refractivity contribution in [3.8, 4) is 5.75 Å². The van der Waals surface area contributed by atoms with E-state index in [1.165, 1.54) is 6.07 Å². The molecule has 3 heterocycles. The van der Waals surface area contributed by atoms with Crippen molar-refractivity contribution in [2.75, 3.05) is 26.9 Å². The number of hydrogen-bond donors (Lipinski definition) is 0. The van der Waals surface area contributed by atoms with Crippen molar-refractivity contribution in [3.63, 3.8) is 0 Å². The lowest BCUT2D eigenvalue weighted by atomic mass is 9.85. The van der Waals surface area contributed by atoms with E-state index in [4.69, 9.17) is 9.47 Å². The Morgan fingerprint density at radius 2 is 2.29 bits per heavy atom. The molecule has 0 amide bonds. The minimum absolute atomic E-state index is 0.140. The average Bonchev–Trinajstić information content (AvgIpc) is 3.13. The monoisotopic (exact) mass is 331 g/mol. The number of fused-ring (bicyclic) bond motifs is 3. The molecule has 0 unspecified atom stereocenters. The molecule has 0 N–H and O–H groups in total. The lowest BCUT2D eigenvalue weighted by Crippen LogP contribution is -2.32. The van der Waals surface area contributed by atoms with Crippen LogP contribution in [0.2, 0.25) is 0 Å². The third-order valence-electron chi connectivity index (χ3n) is 5.24. The third-order valence-corrected chi connectivity index (χ3v) is 5.24. The van der Waals surface area contributed by atoms with Gasteiger partial charge in [0.2, 0.25) is 0 Å². The van der Waals surface area contributed by atoms with E-state index >= 15 is 0 Å². The number of benzene rings is 1. The highest BCUT2D eigenvalue weighted by molar-refractivity contribution is 5.39. The summed E-state index contributed by atoms with van der Waals surface area (Å²) < 4.78 is 27.2. The fourth-order valence-electron chi connectivity index (χ4n) is 4.08. The first-order valence-electron chi connectivity index (χ1n) is 8.29. The third kappa shape index (κ3) is 2.59. The van der Waals surface area contributed by atoms with Gasteiger partial charge in [0, 0.05) is 56.5 Å². The molecule has 4 rings (SSSR count). The summed E-state index contributed by atoms with van der Waals surface area (Å²) in [5.41, 5.74) is 0.944. The van der Waals surface area contributed by atoms with Crippen molar-refractivity contribution in [1.82, 2.24) is 14.5 Å². The van der Waals surface area contributed by atoms with Crippen LogP contribution in [0.3, 0.4) is 0 Å². The van der Waals surface area contributed by atoms with Crippen LogP contribution in [-0.2, 0) is 18.3 Å². The fraction of sp³-hybridized carbons (Fsp3) is 0.500. The SMILES string of the molecule is COC[C@@H]1CN(Cc2nccn2C)[C@H]2c3cc(F)ccc3OC[C@@H]12. The molecule has 2 aliphatic heterocycles. The molecule has 0 spiro atoms. The number of aromatic nitrogens is 2. The molecule has 24 heavy (non-hydrogen) atoms. The van der Waals surface area contributed by atoms with E-state index < -0.39 is 0 Å². The Morgan fingerprint density at radius 3 is 3.04 bits per heavy atom. The summed E-state index contributed by atoms with van der Waals surface area (Å²) in [5.74, 6) is 2.26. The first-order chi connectivity index (χ1) is 11.7. The van der Waals surface area contributed by atoms with E-state index in [0.29, 0.717) is 25.0 Å². The molecular formula is C18H22FN3O2. The molecule has 1 fully saturated rings. The number of aryl methyl sites for hydroxylation is 1. The minimum Gasteiger partial charge on any atom is -0.493 e. The van der Waals surface area contributed by atoms with Crippen LogP contribution in [0.25, 0.3) is 0 Å². The van der Waals surface area contributed by atoms with E-state index in [9.17, 15) is 4.39 Å². The predicted octanol–water partition coefficient (Wildman–Crippen LogP) is 2.39. The number of imidazole rings is 1.